The van der Waals surface area contributed by atoms with E-state index >= 15 is 4.39 Å². The fourth-order valence-corrected chi connectivity index (χ4v) is 11.3. The number of carbonyl (C=O) groups is 4. The number of aromatic nitrogens is 5. The Bertz CT molecular complexity index is 2910. The summed E-state index contributed by atoms with van der Waals surface area (Å²) < 4.78 is 35.5. The number of ether oxygens (including phenoxy) is 3. The number of methoxy groups -OCH3 is 2. The average Bonchev–Trinajstić information content (AvgIpc) is 4.05. The minimum atomic E-state index is -0.768. The van der Waals surface area contributed by atoms with Crippen molar-refractivity contribution in [3.05, 3.63) is 88.1 Å². The van der Waals surface area contributed by atoms with E-state index in [0.717, 1.165) is 46.3 Å². The number of thiophene rings is 1. The number of nitrogens with zero attached hydrogens (tertiary/aromatic N) is 5. The number of likely N-dealkylation sites (tertiary alicyclic amines) is 2. The molecule has 356 valence electrons. The van der Waals surface area contributed by atoms with Gasteiger partial charge in [0.25, 0.3) is 0 Å². The smallest absolute Gasteiger partial charge is 0.407 e. The molecule has 16 nitrogen and oxygen atoms in total. The summed E-state index contributed by atoms with van der Waals surface area (Å²) in [6.45, 7) is 8.59. The van der Waals surface area contributed by atoms with Crippen molar-refractivity contribution in [1.29, 1.82) is 0 Å². The fourth-order valence-electron chi connectivity index (χ4n) is 10.1. The van der Waals surface area contributed by atoms with Crippen molar-refractivity contribution in [2.24, 2.45) is 11.8 Å². The minimum absolute atomic E-state index is 0.149. The molecule has 4 aromatic heterocycles. The molecule has 0 radical (unpaired) electrons. The number of fused-ring (bicyclic) bond motifs is 5. The van der Waals surface area contributed by atoms with E-state index in [4.69, 9.17) is 24.2 Å². The first-order valence-electron chi connectivity index (χ1n) is 23.5. The van der Waals surface area contributed by atoms with E-state index in [1.807, 2.05) is 52.0 Å². The van der Waals surface area contributed by atoms with Gasteiger partial charge < -0.3 is 44.6 Å². The number of nitrogens with one attached hydrogen (secondary N) is 4. The van der Waals surface area contributed by atoms with E-state index in [1.165, 1.54) is 38.0 Å². The van der Waals surface area contributed by atoms with Crippen molar-refractivity contribution in [2.45, 2.75) is 103 Å². The number of hydrogen-bond acceptors (Lipinski definition) is 10. The van der Waals surface area contributed by atoms with Gasteiger partial charge in [-0.3, -0.25) is 14.2 Å². The summed E-state index contributed by atoms with van der Waals surface area (Å²) in [6.07, 6.45) is 6.87. The molecule has 7 heterocycles. The maximum atomic E-state index is 16.9. The number of H-pyrrole nitrogens is 2. The monoisotopic (exact) mass is 945 g/mol. The van der Waals surface area contributed by atoms with Gasteiger partial charge in [-0.05, 0) is 98.7 Å². The number of hydrogen-bond donors (Lipinski definition) is 4. The van der Waals surface area contributed by atoms with Crippen LogP contribution in [0.2, 0.25) is 0 Å². The molecule has 4 aliphatic rings. The second kappa shape index (κ2) is 18.1. The molecule has 2 aromatic carbocycles. The molecule has 4 amide bonds. The van der Waals surface area contributed by atoms with Crippen molar-refractivity contribution in [1.82, 2.24) is 44.9 Å². The summed E-state index contributed by atoms with van der Waals surface area (Å²) in [6, 6.07) is 13.6. The fraction of sp³-hybridized carbons (Fsp3) is 0.440. The first-order chi connectivity index (χ1) is 32.8. The van der Waals surface area contributed by atoms with Gasteiger partial charge in [0.1, 0.15) is 35.3 Å². The molecule has 68 heavy (non-hydrogen) atoms. The topological polar surface area (TPSA) is 189 Å². The standard InChI is InChI=1S/C50H56FN9O7S/c1-25(2)42(56-49(63)65-5)46(61)58-17-7-9-35(58)44-52-23-32(54-44)28-13-14-34-30(19-28)21-37-41-31(51)20-29(22-38(41)67-48(60(34)37)40-16-15-39(68-40)27-11-12-27)33-24-53-45(55-33)36-10-8-18-59(36)47(62)43(26(3)4)57-50(64)66-6/h13-16,19-27,35-36,42-43,48H,7-12,17-18H2,1-6H3,(H,52,54)(H,53,55)(H,56,63)(H,57,64)/t35-,36-,42-,43-,48-/m0/s1. The zero-order valence-corrected chi connectivity index (χ0v) is 39.7. The van der Waals surface area contributed by atoms with Gasteiger partial charge in [0, 0.05) is 34.5 Å². The van der Waals surface area contributed by atoms with Crippen LogP contribution in [0.5, 0.6) is 5.75 Å². The first-order valence-corrected chi connectivity index (χ1v) is 24.3. The van der Waals surface area contributed by atoms with E-state index in [9.17, 15) is 19.2 Å². The van der Waals surface area contributed by atoms with Crippen LogP contribution in [-0.2, 0) is 19.1 Å². The Morgan fingerprint density at radius 2 is 1.32 bits per heavy atom. The number of carbonyl (C=O) groups excluding carboxylic acids is 4. The van der Waals surface area contributed by atoms with E-state index in [1.54, 1.807) is 33.5 Å². The van der Waals surface area contributed by atoms with Gasteiger partial charge in [0.05, 0.1) is 71.7 Å². The van der Waals surface area contributed by atoms with Gasteiger partial charge in [-0.2, -0.15) is 0 Å². The highest BCUT2D eigenvalue weighted by Crippen LogP contribution is 2.50. The van der Waals surface area contributed by atoms with Crippen molar-refractivity contribution in [2.75, 3.05) is 27.3 Å². The van der Waals surface area contributed by atoms with Crippen LogP contribution in [0.1, 0.15) is 112 Å². The highest BCUT2D eigenvalue weighted by molar-refractivity contribution is 7.12. The molecule has 6 aromatic rings. The van der Waals surface area contributed by atoms with Crippen LogP contribution in [0.4, 0.5) is 14.0 Å². The molecule has 1 saturated carbocycles. The van der Waals surface area contributed by atoms with Crippen LogP contribution < -0.4 is 15.4 Å². The molecule has 5 atom stereocenters. The van der Waals surface area contributed by atoms with Gasteiger partial charge in [-0.25, -0.2) is 23.9 Å². The Kier molecular flexibility index (Phi) is 12.0. The van der Waals surface area contributed by atoms with Crippen LogP contribution in [0.25, 0.3) is 44.7 Å². The quantitative estimate of drug-likeness (QED) is 0.0927. The first kappa shape index (κ1) is 45.1. The summed E-state index contributed by atoms with van der Waals surface area (Å²) in [7, 11) is 2.55. The van der Waals surface area contributed by atoms with Crippen LogP contribution in [0.15, 0.2) is 60.9 Å². The predicted octanol–water partition coefficient (Wildman–Crippen LogP) is 9.19. The van der Waals surface area contributed by atoms with Gasteiger partial charge in [0.15, 0.2) is 0 Å². The summed E-state index contributed by atoms with van der Waals surface area (Å²) in [5.41, 5.74) is 4.70. The van der Waals surface area contributed by atoms with Gasteiger partial charge in [-0.1, -0.05) is 33.8 Å². The third kappa shape index (κ3) is 8.25. The normalized spacial score (nSPS) is 19.8. The largest absolute Gasteiger partial charge is 0.464 e. The number of amides is 4. The lowest BCUT2D eigenvalue weighted by Crippen LogP contribution is -2.51. The van der Waals surface area contributed by atoms with Crippen molar-refractivity contribution >= 4 is 46.2 Å². The molecule has 2 saturated heterocycles. The van der Waals surface area contributed by atoms with Crippen LogP contribution in [0.3, 0.4) is 0 Å². The summed E-state index contributed by atoms with van der Waals surface area (Å²) in [5.74, 6) is 1.04. The lowest BCUT2D eigenvalue weighted by molar-refractivity contribution is -0.136. The SMILES string of the molecule is COC(=O)N[C@H](C(=O)N1CCC[C@H]1c1ncc(-c2cc(F)c3c(c2)O[C@@H](c2ccc(C4CC4)s2)n2c-3cc3cc(-c4cnc([C@@H]5CCCN5C(=O)[C@@H](NC(=O)OC)C(C)C)[nH]4)ccc32)[nH]1)C(C)C. The maximum Gasteiger partial charge on any atom is 0.407 e. The molecule has 1 aliphatic carbocycles. The molecular formula is C50H56FN9O7S. The molecule has 10 rings (SSSR count). The maximum absolute atomic E-state index is 16.9. The Balaban J connectivity index is 0.963. The Morgan fingerprint density at radius 1 is 0.750 bits per heavy atom. The average molecular weight is 946 g/mol. The van der Waals surface area contributed by atoms with Crippen LogP contribution in [-0.4, -0.2) is 97.7 Å². The van der Waals surface area contributed by atoms with Crippen molar-refractivity contribution in [3.8, 4) is 39.5 Å². The van der Waals surface area contributed by atoms with Crippen molar-refractivity contribution in [3.63, 3.8) is 0 Å². The van der Waals surface area contributed by atoms with Gasteiger partial charge in [-0.15, -0.1) is 11.3 Å². The number of halogens is 1. The Morgan fingerprint density at radius 3 is 1.88 bits per heavy atom. The molecule has 0 spiro atoms. The van der Waals surface area contributed by atoms with Crippen LogP contribution in [0, 0.1) is 17.7 Å². The van der Waals surface area contributed by atoms with E-state index < -0.39 is 36.3 Å². The van der Waals surface area contributed by atoms with E-state index in [-0.39, 0.29) is 35.7 Å². The third-order valence-electron chi connectivity index (χ3n) is 13.8. The second-order valence-corrected chi connectivity index (χ2v) is 20.1. The summed E-state index contributed by atoms with van der Waals surface area (Å²) >= 11 is 1.73. The lowest BCUT2D eigenvalue weighted by atomic mass is 10.0. The summed E-state index contributed by atoms with van der Waals surface area (Å²) in [4.78, 5) is 74.1. The Hall–Kier alpha value is -6.69. The van der Waals surface area contributed by atoms with Gasteiger partial charge >= 0.3 is 12.2 Å². The molecular weight excluding hydrogens is 890 g/mol. The lowest BCUT2D eigenvalue weighted by Gasteiger charge is -2.30. The number of aromatic amines is 2. The van der Waals surface area contributed by atoms with Gasteiger partial charge in [0.2, 0.25) is 18.0 Å². The molecule has 3 aliphatic heterocycles. The highest BCUT2D eigenvalue weighted by atomic mass is 32.1. The third-order valence-corrected chi connectivity index (χ3v) is 15.1. The number of alkyl carbamates (subject to hydrolysis) is 2. The second-order valence-electron chi connectivity index (χ2n) is 18.9. The molecule has 18 heteroatoms. The molecule has 3 fully saturated rings. The number of benzene rings is 2. The highest BCUT2D eigenvalue weighted by Gasteiger charge is 2.40. The Labute approximate surface area is 396 Å². The van der Waals surface area contributed by atoms with Crippen molar-refractivity contribution < 1.29 is 37.8 Å². The zero-order valence-electron chi connectivity index (χ0n) is 38.9. The number of imidazole rings is 2. The molecule has 4 N–H and O–H groups in total. The number of rotatable bonds is 12. The minimum Gasteiger partial charge on any atom is -0.464 e. The molecule has 0 unspecified atom stereocenters. The van der Waals surface area contributed by atoms with E-state index in [2.05, 4.69) is 43.4 Å². The zero-order chi connectivity index (χ0) is 47.5. The predicted molar refractivity (Wildman–Crippen MR) is 253 cm³/mol. The molecule has 0 bridgehead atoms. The van der Waals surface area contributed by atoms with Crippen LogP contribution >= 0.6 is 11.3 Å². The summed E-state index contributed by atoms with van der Waals surface area (Å²) in [5, 5.41) is 6.29. The van der Waals surface area contributed by atoms with E-state index in [0.29, 0.717) is 65.3 Å².